The first-order chi connectivity index (χ1) is 19.9. The first-order valence-corrected chi connectivity index (χ1v) is 13.5. The minimum atomic E-state index is -1.48. The van der Waals surface area contributed by atoms with Gasteiger partial charge in [0.15, 0.2) is 0 Å². The number of rotatable bonds is 19. The molecule has 2 rings (SSSR count). The second kappa shape index (κ2) is 16.7. The zero-order valence-corrected chi connectivity index (χ0v) is 23.0. The maximum atomic E-state index is 13.2. The molecule has 0 aliphatic heterocycles. The van der Waals surface area contributed by atoms with Gasteiger partial charge in [-0.15, -0.1) is 0 Å². The summed E-state index contributed by atoms with van der Waals surface area (Å²) in [6.45, 7) is 0.326. The van der Waals surface area contributed by atoms with Gasteiger partial charge in [0.1, 0.15) is 18.1 Å². The molecule has 15 heteroatoms. The molecule has 0 fully saturated rings. The number of aliphatic carboxylic acids is 3. The van der Waals surface area contributed by atoms with Crippen molar-refractivity contribution in [2.24, 2.45) is 11.5 Å². The molecule has 42 heavy (non-hydrogen) atoms. The van der Waals surface area contributed by atoms with E-state index in [9.17, 15) is 33.9 Å². The molecule has 1 aromatic heterocycles. The molecule has 1 aromatic carbocycles. The largest absolute Gasteiger partial charge is 0.481 e. The topological polar surface area (TPSA) is 267 Å². The number of carbonyl (C=O) groups is 6. The lowest BCUT2D eigenvalue weighted by molar-refractivity contribution is -0.143. The average Bonchev–Trinajstić information content (AvgIpc) is 3.34. The third-order valence-electron chi connectivity index (χ3n) is 6.57. The summed E-state index contributed by atoms with van der Waals surface area (Å²) in [7, 11) is 0. The number of nitrogens with two attached hydrogens (primary N) is 2. The molecular formula is C27H38N6O9. The third kappa shape index (κ3) is 10.8. The quantitative estimate of drug-likeness (QED) is 0.0935. The number of amides is 3. The second-order valence-corrected chi connectivity index (χ2v) is 9.84. The van der Waals surface area contributed by atoms with Gasteiger partial charge in [-0.25, -0.2) is 4.79 Å². The van der Waals surface area contributed by atoms with Gasteiger partial charge in [0.25, 0.3) is 0 Å². The number of carboxylic acid groups (broad SMARTS) is 3. The lowest BCUT2D eigenvalue weighted by Gasteiger charge is -2.25. The zero-order chi connectivity index (χ0) is 31.2. The smallest absolute Gasteiger partial charge is 0.326 e. The van der Waals surface area contributed by atoms with E-state index in [2.05, 4.69) is 20.9 Å². The number of fused-ring (bicyclic) bond motifs is 1. The fourth-order valence-electron chi connectivity index (χ4n) is 4.28. The first kappa shape index (κ1) is 33.7. The molecule has 0 saturated carbocycles. The van der Waals surface area contributed by atoms with Gasteiger partial charge in [-0.2, -0.15) is 0 Å². The molecule has 1 heterocycles. The molecule has 0 aliphatic carbocycles. The van der Waals surface area contributed by atoms with E-state index in [1.54, 1.807) is 6.20 Å². The van der Waals surface area contributed by atoms with E-state index in [1.807, 2.05) is 24.3 Å². The Morgan fingerprint density at radius 1 is 0.762 bits per heavy atom. The Morgan fingerprint density at radius 2 is 1.31 bits per heavy atom. The zero-order valence-electron chi connectivity index (χ0n) is 23.0. The number of hydrogen-bond donors (Lipinski definition) is 9. The number of aromatic amines is 1. The summed E-state index contributed by atoms with van der Waals surface area (Å²) in [5.41, 5.74) is 13.1. The van der Waals surface area contributed by atoms with Crippen LogP contribution < -0.4 is 27.4 Å². The van der Waals surface area contributed by atoms with Gasteiger partial charge in [-0.3, -0.25) is 24.0 Å². The molecular weight excluding hydrogens is 552 g/mol. The van der Waals surface area contributed by atoms with Crippen LogP contribution in [0.15, 0.2) is 30.5 Å². The van der Waals surface area contributed by atoms with Crippen LogP contribution in [0.3, 0.4) is 0 Å². The van der Waals surface area contributed by atoms with Gasteiger partial charge in [0.05, 0.1) is 6.04 Å². The highest BCUT2D eigenvalue weighted by atomic mass is 16.4. The van der Waals surface area contributed by atoms with E-state index in [1.165, 1.54) is 0 Å². The van der Waals surface area contributed by atoms with Crippen molar-refractivity contribution < 1.29 is 44.1 Å². The number of hydrogen-bond acceptors (Lipinski definition) is 8. The number of aromatic nitrogens is 1. The summed E-state index contributed by atoms with van der Waals surface area (Å²) >= 11 is 0. The molecule has 230 valence electrons. The molecule has 3 amide bonds. The summed E-state index contributed by atoms with van der Waals surface area (Å²) in [5, 5.41) is 35.7. The number of H-pyrrole nitrogens is 1. The van der Waals surface area contributed by atoms with Crippen molar-refractivity contribution in [3.05, 3.63) is 36.0 Å². The van der Waals surface area contributed by atoms with E-state index in [0.29, 0.717) is 19.4 Å². The fourth-order valence-corrected chi connectivity index (χ4v) is 4.28. The number of carbonyl (C=O) groups excluding carboxylic acids is 3. The Balaban J connectivity index is 2.15. The number of carboxylic acids is 3. The van der Waals surface area contributed by atoms with E-state index < -0.39 is 72.6 Å². The Labute approximate surface area is 241 Å². The van der Waals surface area contributed by atoms with Gasteiger partial charge in [-0.1, -0.05) is 18.2 Å². The lowest BCUT2D eigenvalue weighted by Crippen LogP contribution is -2.57. The maximum Gasteiger partial charge on any atom is 0.326 e. The molecule has 0 bridgehead atoms. The first-order valence-electron chi connectivity index (χ1n) is 13.5. The summed E-state index contributed by atoms with van der Waals surface area (Å²) < 4.78 is 0. The Hall–Kier alpha value is -4.50. The number of para-hydroxylation sites is 1. The standard InChI is InChI=1S/C27H38N6O9/c28-12-4-3-7-21(27(41)42)33-26(40)20(9-11-23(36)37)32-25(39)19(8-10-22(34)35)31-24(38)17(29)13-15-14-30-18-6-2-1-5-16(15)18/h1-2,5-6,14,17,19-21,30H,3-4,7-13,28-29H2,(H,31,38)(H,32,39)(H,33,40)(H,34,35)(H,36,37)(H,41,42). The minimum Gasteiger partial charge on any atom is -0.481 e. The van der Waals surface area contributed by atoms with Crippen molar-refractivity contribution in [1.82, 2.24) is 20.9 Å². The predicted octanol–water partition coefficient (Wildman–Crippen LogP) is -0.565. The molecule has 2 aromatic rings. The summed E-state index contributed by atoms with van der Waals surface area (Å²) in [6.07, 6.45) is 1.01. The van der Waals surface area contributed by atoms with Gasteiger partial charge in [0, 0.05) is 29.9 Å². The van der Waals surface area contributed by atoms with Crippen molar-refractivity contribution in [3.8, 4) is 0 Å². The van der Waals surface area contributed by atoms with E-state index in [-0.39, 0.29) is 25.7 Å². The monoisotopic (exact) mass is 590 g/mol. The van der Waals surface area contributed by atoms with Crippen LogP contribution in [0.4, 0.5) is 0 Å². The van der Waals surface area contributed by atoms with Crippen LogP contribution in [0.2, 0.25) is 0 Å². The molecule has 0 radical (unpaired) electrons. The minimum absolute atomic E-state index is 0.0590. The molecule has 11 N–H and O–H groups in total. The molecule has 4 unspecified atom stereocenters. The SMILES string of the molecule is NCCCCC(NC(=O)C(CCC(=O)O)NC(=O)C(CCC(=O)O)NC(=O)C(N)Cc1c[nH]c2ccccc12)C(=O)O. The molecule has 0 spiro atoms. The second-order valence-electron chi connectivity index (χ2n) is 9.84. The molecule has 15 nitrogen and oxygen atoms in total. The van der Waals surface area contributed by atoms with Crippen LogP contribution in [-0.4, -0.2) is 86.6 Å². The van der Waals surface area contributed by atoms with Crippen LogP contribution in [0.5, 0.6) is 0 Å². The summed E-state index contributed by atoms with van der Waals surface area (Å²) in [4.78, 5) is 76.1. The molecule has 4 atom stereocenters. The van der Waals surface area contributed by atoms with E-state index in [4.69, 9.17) is 21.7 Å². The maximum absolute atomic E-state index is 13.2. The summed E-state index contributed by atoms with van der Waals surface area (Å²) in [6, 6.07) is 2.05. The van der Waals surface area contributed by atoms with E-state index >= 15 is 0 Å². The number of benzene rings is 1. The normalized spacial score (nSPS) is 13.9. The highest BCUT2D eigenvalue weighted by Crippen LogP contribution is 2.19. The Morgan fingerprint density at radius 3 is 1.86 bits per heavy atom. The van der Waals surface area contributed by atoms with Crippen LogP contribution in [0.25, 0.3) is 10.9 Å². The Bertz CT molecular complexity index is 1260. The van der Waals surface area contributed by atoms with Gasteiger partial charge < -0.3 is 47.7 Å². The van der Waals surface area contributed by atoms with Crippen LogP contribution in [0.1, 0.15) is 50.5 Å². The predicted molar refractivity (Wildman–Crippen MR) is 150 cm³/mol. The van der Waals surface area contributed by atoms with Gasteiger partial charge in [0.2, 0.25) is 17.7 Å². The summed E-state index contributed by atoms with van der Waals surface area (Å²) in [5.74, 6) is -6.47. The molecule has 0 aliphatic rings. The van der Waals surface area contributed by atoms with Crippen molar-refractivity contribution in [2.75, 3.05) is 6.54 Å². The number of nitrogens with one attached hydrogen (secondary N) is 4. The Kier molecular flexibility index (Phi) is 13.4. The van der Waals surface area contributed by atoms with Gasteiger partial charge >= 0.3 is 17.9 Å². The van der Waals surface area contributed by atoms with Crippen LogP contribution in [-0.2, 0) is 35.2 Å². The van der Waals surface area contributed by atoms with Crippen LogP contribution in [0, 0.1) is 0 Å². The lowest BCUT2D eigenvalue weighted by atomic mass is 10.0. The van der Waals surface area contributed by atoms with Crippen molar-refractivity contribution in [3.63, 3.8) is 0 Å². The highest BCUT2D eigenvalue weighted by Gasteiger charge is 2.31. The van der Waals surface area contributed by atoms with Gasteiger partial charge in [-0.05, 0) is 56.7 Å². The van der Waals surface area contributed by atoms with Crippen LogP contribution >= 0.6 is 0 Å². The van der Waals surface area contributed by atoms with E-state index in [0.717, 1.165) is 16.5 Å². The molecule has 0 saturated heterocycles. The van der Waals surface area contributed by atoms with Crippen molar-refractivity contribution >= 4 is 46.5 Å². The fraction of sp³-hybridized carbons (Fsp3) is 0.481. The van der Waals surface area contributed by atoms with Crippen molar-refractivity contribution in [2.45, 2.75) is 75.5 Å². The average molecular weight is 591 g/mol. The van der Waals surface area contributed by atoms with Crippen molar-refractivity contribution in [1.29, 1.82) is 0 Å². The highest BCUT2D eigenvalue weighted by molar-refractivity contribution is 5.94. The third-order valence-corrected chi connectivity index (χ3v) is 6.57. The number of unbranched alkanes of at least 4 members (excludes halogenated alkanes) is 1.